The Morgan fingerprint density at radius 3 is 2.28 bits per heavy atom. The topological polar surface area (TPSA) is 20.3 Å². The van der Waals surface area contributed by atoms with E-state index in [1.54, 1.807) is 0 Å². The Kier molecular flexibility index (Phi) is 3.74. The summed E-state index contributed by atoms with van der Waals surface area (Å²) in [6, 6.07) is 9.98. The van der Waals surface area contributed by atoms with Crippen molar-refractivity contribution in [2.45, 2.75) is 45.6 Å². The van der Waals surface area contributed by atoms with Crippen LogP contribution in [-0.2, 0) is 0 Å². The fraction of sp³-hybridized carbons (Fsp3) is 0.562. The van der Waals surface area contributed by atoms with Crippen LogP contribution in [0.5, 0.6) is 0 Å². The average molecular weight is 245 g/mol. The fourth-order valence-electron chi connectivity index (χ4n) is 2.72. The molecule has 0 spiro atoms. The molecule has 0 radical (unpaired) electrons. The van der Waals surface area contributed by atoms with Crippen LogP contribution in [0.15, 0.2) is 30.3 Å². The number of hydrogen-bond acceptors (Lipinski definition) is 1. The molecule has 0 aromatic heterocycles. The molecule has 18 heavy (non-hydrogen) atoms. The first-order valence-corrected chi connectivity index (χ1v) is 6.82. The smallest absolute Gasteiger partial charge is 0.253 e. The predicted octanol–water partition coefficient (Wildman–Crippen LogP) is 3.73. The zero-order valence-electron chi connectivity index (χ0n) is 11.6. The van der Waals surface area contributed by atoms with E-state index in [0.717, 1.165) is 18.4 Å². The molecule has 0 bridgehead atoms. The number of hydrogen-bond donors (Lipinski definition) is 0. The van der Waals surface area contributed by atoms with Gasteiger partial charge in [-0.1, -0.05) is 32.0 Å². The Morgan fingerprint density at radius 2 is 1.72 bits per heavy atom. The molecular formula is C16H23NO. The summed E-state index contributed by atoms with van der Waals surface area (Å²) >= 11 is 0. The van der Waals surface area contributed by atoms with E-state index in [9.17, 15) is 4.79 Å². The molecule has 98 valence electrons. The van der Waals surface area contributed by atoms with Gasteiger partial charge in [0.1, 0.15) is 0 Å². The molecule has 1 aliphatic carbocycles. The first kappa shape index (κ1) is 13.1. The van der Waals surface area contributed by atoms with E-state index in [0.29, 0.717) is 11.5 Å². The van der Waals surface area contributed by atoms with Crippen molar-refractivity contribution in [3.8, 4) is 0 Å². The molecule has 0 atom stereocenters. The molecular weight excluding hydrogens is 222 g/mol. The Morgan fingerprint density at radius 1 is 1.17 bits per heavy atom. The second-order valence-corrected chi connectivity index (χ2v) is 6.18. The van der Waals surface area contributed by atoms with Crippen molar-refractivity contribution in [3.63, 3.8) is 0 Å². The Balaban J connectivity index is 2.00. The summed E-state index contributed by atoms with van der Waals surface area (Å²) in [4.78, 5) is 14.3. The van der Waals surface area contributed by atoms with Gasteiger partial charge in [-0.2, -0.15) is 0 Å². The largest absolute Gasteiger partial charge is 0.339 e. The highest BCUT2D eigenvalue weighted by atomic mass is 16.2. The number of carbonyl (C=O) groups excluding carboxylic acids is 1. The van der Waals surface area contributed by atoms with Gasteiger partial charge < -0.3 is 4.90 Å². The molecule has 1 amide bonds. The molecule has 0 unspecified atom stereocenters. The fourth-order valence-corrected chi connectivity index (χ4v) is 2.72. The van der Waals surface area contributed by atoms with Crippen molar-refractivity contribution in [1.29, 1.82) is 0 Å². The van der Waals surface area contributed by atoms with Gasteiger partial charge in [0.15, 0.2) is 0 Å². The number of amides is 1. The lowest BCUT2D eigenvalue weighted by atomic mass is 9.75. The standard InChI is InChI=1S/C16H23NO/c1-16(2)11-9-14(10-12-16)17(3)15(18)13-7-5-4-6-8-13/h4-8,14H,9-12H2,1-3H3. The van der Waals surface area contributed by atoms with Crippen LogP contribution in [0.3, 0.4) is 0 Å². The average Bonchev–Trinajstić information content (AvgIpc) is 2.38. The van der Waals surface area contributed by atoms with Gasteiger partial charge in [0.05, 0.1) is 0 Å². The lowest BCUT2D eigenvalue weighted by molar-refractivity contribution is 0.0635. The number of benzene rings is 1. The summed E-state index contributed by atoms with van der Waals surface area (Å²) in [5.74, 6) is 0.153. The molecule has 0 saturated heterocycles. The SMILES string of the molecule is CN(C(=O)c1ccccc1)C1CCC(C)(C)CC1. The van der Waals surface area contributed by atoms with Gasteiger partial charge in [-0.3, -0.25) is 4.79 Å². The Labute approximate surface area is 110 Å². The molecule has 2 rings (SSSR count). The maximum atomic E-state index is 12.3. The summed E-state index contributed by atoms with van der Waals surface area (Å²) in [5, 5.41) is 0. The third-order valence-corrected chi connectivity index (χ3v) is 4.20. The maximum absolute atomic E-state index is 12.3. The van der Waals surface area contributed by atoms with E-state index in [1.807, 2.05) is 42.3 Å². The van der Waals surface area contributed by atoms with Crippen LogP contribution in [0.4, 0.5) is 0 Å². The minimum absolute atomic E-state index is 0.153. The second-order valence-electron chi connectivity index (χ2n) is 6.18. The van der Waals surface area contributed by atoms with E-state index in [1.165, 1.54) is 12.8 Å². The van der Waals surface area contributed by atoms with Crippen molar-refractivity contribution in [3.05, 3.63) is 35.9 Å². The molecule has 1 aliphatic rings. The van der Waals surface area contributed by atoms with E-state index in [-0.39, 0.29) is 5.91 Å². The number of rotatable bonds is 2. The van der Waals surface area contributed by atoms with E-state index >= 15 is 0 Å². The lowest BCUT2D eigenvalue weighted by Crippen LogP contribution is -2.40. The van der Waals surface area contributed by atoms with Crippen LogP contribution in [0.1, 0.15) is 49.9 Å². The Bertz CT molecular complexity index is 400. The van der Waals surface area contributed by atoms with Gasteiger partial charge in [-0.25, -0.2) is 0 Å². The lowest BCUT2D eigenvalue weighted by Gasteiger charge is -2.38. The second kappa shape index (κ2) is 5.13. The summed E-state index contributed by atoms with van der Waals surface area (Å²) in [6.45, 7) is 4.64. The molecule has 1 aromatic rings. The maximum Gasteiger partial charge on any atom is 0.253 e. The van der Waals surface area contributed by atoms with Crippen LogP contribution < -0.4 is 0 Å². The molecule has 1 saturated carbocycles. The minimum atomic E-state index is 0.153. The summed E-state index contributed by atoms with van der Waals surface area (Å²) in [6.07, 6.45) is 4.68. The van der Waals surface area contributed by atoms with Gasteiger partial charge >= 0.3 is 0 Å². The highest BCUT2D eigenvalue weighted by Crippen LogP contribution is 2.36. The van der Waals surface area contributed by atoms with Crippen molar-refractivity contribution in [1.82, 2.24) is 4.90 Å². The van der Waals surface area contributed by atoms with Crippen LogP contribution in [0, 0.1) is 5.41 Å². The first-order valence-electron chi connectivity index (χ1n) is 6.82. The van der Waals surface area contributed by atoms with E-state index < -0.39 is 0 Å². The summed E-state index contributed by atoms with van der Waals surface area (Å²) < 4.78 is 0. The zero-order chi connectivity index (χ0) is 13.2. The van der Waals surface area contributed by atoms with Gasteiger partial charge in [-0.15, -0.1) is 0 Å². The van der Waals surface area contributed by atoms with Gasteiger partial charge in [0.25, 0.3) is 5.91 Å². The highest BCUT2D eigenvalue weighted by Gasteiger charge is 2.30. The summed E-state index contributed by atoms with van der Waals surface area (Å²) in [7, 11) is 1.94. The molecule has 0 N–H and O–H groups in total. The van der Waals surface area contributed by atoms with Crippen LogP contribution in [-0.4, -0.2) is 23.9 Å². The van der Waals surface area contributed by atoms with Crippen molar-refractivity contribution < 1.29 is 4.79 Å². The summed E-state index contributed by atoms with van der Waals surface area (Å²) in [5.41, 5.74) is 1.25. The van der Waals surface area contributed by atoms with Crippen molar-refractivity contribution in [2.75, 3.05) is 7.05 Å². The Hall–Kier alpha value is -1.31. The van der Waals surface area contributed by atoms with Gasteiger partial charge in [0.2, 0.25) is 0 Å². The zero-order valence-corrected chi connectivity index (χ0v) is 11.6. The normalized spacial score (nSPS) is 19.5. The van der Waals surface area contributed by atoms with Crippen molar-refractivity contribution in [2.24, 2.45) is 5.41 Å². The molecule has 1 aromatic carbocycles. The van der Waals surface area contributed by atoms with E-state index in [4.69, 9.17) is 0 Å². The molecule has 1 fully saturated rings. The third-order valence-electron chi connectivity index (χ3n) is 4.20. The monoisotopic (exact) mass is 245 g/mol. The number of nitrogens with zero attached hydrogens (tertiary/aromatic N) is 1. The van der Waals surface area contributed by atoms with Gasteiger partial charge in [0, 0.05) is 18.7 Å². The quantitative estimate of drug-likeness (QED) is 0.777. The highest BCUT2D eigenvalue weighted by molar-refractivity contribution is 5.94. The van der Waals surface area contributed by atoms with Crippen LogP contribution >= 0.6 is 0 Å². The molecule has 0 aliphatic heterocycles. The first-order chi connectivity index (χ1) is 8.49. The number of carbonyl (C=O) groups is 1. The minimum Gasteiger partial charge on any atom is -0.339 e. The molecule has 0 heterocycles. The molecule has 2 nitrogen and oxygen atoms in total. The van der Waals surface area contributed by atoms with E-state index in [2.05, 4.69) is 13.8 Å². The predicted molar refractivity (Wildman–Crippen MR) is 74.6 cm³/mol. The van der Waals surface area contributed by atoms with Crippen molar-refractivity contribution >= 4 is 5.91 Å². The van der Waals surface area contributed by atoms with Crippen LogP contribution in [0.25, 0.3) is 0 Å². The van der Waals surface area contributed by atoms with Gasteiger partial charge in [-0.05, 0) is 43.2 Å². The molecule has 2 heteroatoms. The third kappa shape index (κ3) is 2.92. The van der Waals surface area contributed by atoms with Crippen LogP contribution in [0.2, 0.25) is 0 Å².